The van der Waals surface area contributed by atoms with E-state index in [1.54, 1.807) is 6.20 Å². The quantitative estimate of drug-likeness (QED) is 0.292. The molecule has 0 spiro atoms. The maximum Gasteiger partial charge on any atom is 0.185 e. The first-order valence-corrected chi connectivity index (χ1v) is 8.02. The maximum absolute atomic E-state index is 6.09. The Morgan fingerprint density at radius 3 is 2.84 bits per heavy atom. The number of ether oxygens (including phenoxy) is 3. The molecular formula is C15H23N7O3. The van der Waals surface area contributed by atoms with E-state index in [2.05, 4.69) is 40.2 Å². The van der Waals surface area contributed by atoms with E-state index in [1.165, 1.54) is 0 Å². The minimum atomic E-state index is -0.583. The average molecular weight is 349 g/mol. The van der Waals surface area contributed by atoms with Crippen LogP contribution in [0.2, 0.25) is 0 Å². The lowest BCUT2D eigenvalue weighted by Gasteiger charge is -2.30. The summed E-state index contributed by atoms with van der Waals surface area (Å²) in [6.45, 7) is 5.18. The number of hydrogen-bond acceptors (Lipinski definition) is 9. The van der Waals surface area contributed by atoms with Gasteiger partial charge in [-0.15, -0.1) is 5.11 Å². The summed E-state index contributed by atoms with van der Waals surface area (Å²) in [7, 11) is 0. The summed E-state index contributed by atoms with van der Waals surface area (Å²) in [5, 5.41) is 13.3. The van der Waals surface area contributed by atoms with Crippen LogP contribution in [0.15, 0.2) is 34.4 Å². The van der Waals surface area contributed by atoms with E-state index >= 15 is 0 Å². The standard InChI is InChI=1S/C15H23N7O3/c1-8(2)12-9(3-4-10-13(12)24-6-5-23-10)25-11-7-18-15(20-16)19-14(11)21-22-17/h3-4,7-8,14-15,18-20H,5-6,16H2,1-2H3,(H2,17,21). The van der Waals surface area contributed by atoms with E-state index in [0.717, 1.165) is 17.1 Å². The van der Waals surface area contributed by atoms with Gasteiger partial charge in [-0.1, -0.05) is 19.1 Å². The van der Waals surface area contributed by atoms with E-state index < -0.39 is 6.17 Å². The molecule has 10 heteroatoms. The molecular weight excluding hydrogens is 326 g/mol. The number of nitrogens with zero attached hydrogens (tertiary/aromatic N) is 2. The van der Waals surface area contributed by atoms with Crippen LogP contribution in [0.25, 0.3) is 0 Å². The van der Waals surface area contributed by atoms with Gasteiger partial charge in [0, 0.05) is 11.8 Å². The molecule has 2 aliphatic rings. The first-order chi connectivity index (χ1) is 12.1. The molecule has 0 amide bonds. The number of nitrogens with one attached hydrogen (secondary N) is 3. The molecule has 2 atom stereocenters. The minimum absolute atomic E-state index is 0.171. The molecule has 1 aromatic rings. The summed E-state index contributed by atoms with van der Waals surface area (Å²) in [5.74, 6) is 13.4. The van der Waals surface area contributed by atoms with Crippen molar-refractivity contribution in [2.24, 2.45) is 22.0 Å². The average Bonchev–Trinajstić information content (AvgIpc) is 2.62. The van der Waals surface area contributed by atoms with Crippen LogP contribution in [-0.2, 0) is 0 Å². The topological polar surface area (TPSA) is 141 Å². The summed E-state index contributed by atoms with van der Waals surface area (Å²) in [4.78, 5) is 0. The van der Waals surface area contributed by atoms with Crippen LogP contribution in [0.5, 0.6) is 17.2 Å². The van der Waals surface area contributed by atoms with Crippen molar-refractivity contribution in [2.75, 3.05) is 13.2 Å². The third-order valence-corrected chi connectivity index (χ3v) is 3.85. The maximum atomic E-state index is 6.09. The smallest absolute Gasteiger partial charge is 0.185 e. The molecule has 2 unspecified atom stereocenters. The van der Waals surface area contributed by atoms with Gasteiger partial charge in [0.15, 0.2) is 23.4 Å². The van der Waals surface area contributed by atoms with Gasteiger partial charge >= 0.3 is 0 Å². The number of hydrazine groups is 1. The molecule has 0 bridgehead atoms. The lowest BCUT2D eigenvalue weighted by molar-refractivity contribution is 0.168. The Morgan fingerprint density at radius 1 is 1.32 bits per heavy atom. The molecule has 3 rings (SSSR count). The predicted octanol–water partition coefficient (Wildman–Crippen LogP) is 0.393. The van der Waals surface area contributed by atoms with Crippen molar-refractivity contribution in [3.63, 3.8) is 0 Å². The Bertz CT molecular complexity index is 677. The highest BCUT2D eigenvalue weighted by molar-refractivity contribution is 5.56. The van der Waals surface area contributed by atoms with Gasteiger partial charge in [0.25, 0.3) is 0 Å². The fraction of sp³-hybridized carbons (Fsp3) is 0.467. The van der Waals surface area contributed by atoms with E-state index in [9.17, 15) is 0 Å². The van der Waals surface area contributed by atoms with Gasteiger partial charge in [-0.05, 0) is 18.1 Å². The number of hydrogen-bond donors (Lipinski definition) is 5. The summed E-state index contributed by atoms with van der Waals surface area (Å²) in [6.07, 6.45) is 0.703. The van der Waals surface area contributed by atoms with Crippen LogP contribution < -0.4 is 42.0 Å². The number of nitrogens with two attached hydrogens (primary N) is 2. The zero-order chi connectivity index (χ0) is 17.8. The Hall–Kier alpha value is -2.56. The van der Waals surface area contributed by atoms with Gasteiger partial charge < -0.3 is 25.4 Å². The fourth-order valence-electron chi connectivity index (χ4n) is 2.75. The summed E-state index contributed by atoms with van der Waals surface area (Å²) < 4.78 is 17.6. The molecule has 25 heavy (non-hydrogen) atoms. The van der Waals surface area contributed by atoms with Gasteiger partial charge in [-0.3, -0.25) is 11.2 Å². The normalized spacial score (nSPS) is 22.6. The van der Waals surface area contributed by atoms with Crippen LogP contribution >= 0.6 is 0 Å². The highest BCUT2D eigenvalue weighted by Crippen LogP contribution is 2.44. The zero-order valence-electron chi connectivity index (χ0n) is 14.2. The Kier molecular flexibility index (Phi) is 5.22. The molecule has 2 aliphatic heterocycles. The second-order valence-corrected chi connectivity index (χ2v) is 5.87. The number of rotatable bonds is 5. The van der Waals surface area contributed by atoms with Gasteiger partial charge in [-0.2, -0.15) is 0 Å². The Morgan fingerprint density at radius 2 is 2.12 bits per heavy atom. The van der Waals surface area contributed by atoms with Gasteiger partial charge in [0.05, 0.1) is 0 Å². The monoisotopic (exact) mass is 349 g/mol. The molecule has 136 valence electrons. The second kappa shape index (κ2) is 7.55. The van der Waals surface area contributed by atoms with Crippen molar-refractivity contribution in [3.8, 4) is 17.2 Å². The molecule has 0 saturated heterocycles. The second-order valence-electron chi connectivity index (χ2n) is 5.87. The first-order valence-electron chi connectivity index (χ1n) is 8.02. The lowest BCUT2D eigenvalue weighted by Crippen LogP contribution is -2.60. The molecule has 0 saturated carbocycles. The molecule has 0 aromatic heterocycles. The fourth-order valence-corrected chi connectivity index (χ4v) is 2.75. The molecule has 7 N–H and O–H groups in total. The van der Waals surface area contributed by atoms with Crippen molar-refractivity contribution in [1.29, 1.82) is 0 Å². The number of benzene rings is 1. The van der Waals surface area contributed by atoms with E-state index in [0.29, 0.717) is 24.7 Å². The van der Waals surface area contributed by atoms with Crippen LogP contribution in [0.3, 0.4) is 0 Å². The largest absolute Gasteiger partial charge is 0.486 e. The molecule has 1 aromatic carbocycles. The van der Waals surface area contributed by atoms with Gasteiger partial charge in [0.2, 0.25) is 0 Å². The molecule has 0 radical (unpaired) electrons. The number of fused-ring (bicyclic) bond motifs is 1. The first kappa shape index (κ1) is 17.3. The highest BCUT2D eigenvalue weighted by Gasteiger charge is 2.28. The lowest BCUT2D eigenvalue weighted by atomic mass is 10.00. The Balaban J connectivity index is 1.92. The van der Waals surface area contributed by atoms with Crippen LogP contribution in [0.1, 0.15) is 25.3 Å². The third kappa shape index (κ3) is 3.60. The predicted molar refractivity (Wildman–Crippen MR) is 90.4 cm³/mol. The highest BCUT2D eigenvalue weighted by atomic mass is 16.6. The van der Waals surface area contributed by atoms with Crippen molar-refractivity contribution in [3.05, 3.63) is 29.7 Å². The van der Waals surface area contributed by atoms with Crippen molar-refractivity contribution < 1.29 is 14.2 Å². The summed E-state index contributed by atoms with van der Waals surface area (Å²) >= 11 is 0. The third-order valence-electron chi connectivity index (χ3n) is 3.85. The zero-order valence-corrected chi connectivity index (χ0v) is 14.2. The van der Waals surface area contributed by atoms with Crippen molar-refractivity contribution in [1.82, 2.24) is 16.1 Å². The van der Waals surface area contributed by atoms with Gasteiger partial charge in [-0.25, -0.2) is 5.43 Å². The SMILES string of the molecule is CC(C)c1c(OC2=CNC(NN)NC2N=NN)ccc2c1OCCO2. The molecule has 0 fully saturated rings. The summed E-state index contributed by atoms with van der Waals surface area (Å²) in [5.41, 5.74) is 3.48. The van der Waals surface area contributed by atoms with Crippen LogP contribution in [0, 0.1) is 0 Å². The van der Waals surface area contributed by atoms with Gasteiger partial charge in [0.1, 0.15) is 25.3 Å². The molecule has 2 heterocycles. The van der Waals surface area contributed by atoms with Crippen molar-refractivity contribution in [2.45, 2.75) is 32.2 Å². The van der Waals surface area contributed by atoms with Crippen LogP contribution in [-0.4, -0.2) is 25.7 Å². The van der Waals surface area contributed by atoms with E-state index in [4.69, 9.17) is 25.9 Å². The van der Waals surface area contributed by atoms with Crippen LogP contribution in [0.4, 0.5) is 0 Å². The van der Waals surface area contributed by atoms with E-state index in [-0.39, 0.29) is 12.2 Å². The molecule has 0 aliphatic carbocycles. The summed E-state index contributed by atoms with van der Waals surface area (Å²) in [6, 6.07) is 3.69. The van der Waals surface area contributed by atoms with E-state index in [1.807, 2.05) is 12.1 Å². The minimum Gasteiger partial charge on any atom is -0.486 e. The Labute approximate surface area is 145 Å². The van der Waals surface area contributed by atoms with Crippen molar-refractivity contribution >= 4 is 0 Å². The molecule has 10 nitrogen and oxygen atoms in total.